The Morgan fingerprint density at radius 3 is 1.76 bits per heavy atom. The highest BCUT2D eigenvalue weighted by Crippen LogP contribution is 2.11. The van der Waals surface area contributed by atoms with Crippen LogP contribution in [-0.4, -0.2) is 27.2 Å². The molecule has 2 rings (SSSR count). The Balaban J connectivity index is 0.00000312. The monoisotopic (exact) mass is 455 g/mol. The van der Waals surface area contributed by atoms with Crippen molar-refractivity contribution in [1.29, 1.82) is 0 Å². The summed E-state index contributed by atoms with van der Waals surface area (Å²) < 4.78 is 10.3. The Morgan fingerprint density at radius 2 is 1.32 bits per heavy atom. The number of ether oxygens (including phenoxy) is 2. The fourth-order valence-electron chi connectivity index (χ4n) is 2.26. The quantitative estimate of drug-likeness (QED) is 0.382. The van der Waals surface area contributed by atoms with Crippen molar-refractivity contribution in [3.8, 4) is 5.75 Å². The van der Waals surface area contributed by atoms with Crippen LogP contribution in [0.15, 0.2) is 53.5 Å². The smallest absolute Gasteiger partial charge is 0.191 e. The number of methoxy groups -OCH3 is 2. The van der Waals surface area contributed by atoms with Gasteiger partial charge in [-0.25, -0.2) is 0 Å². The summed E-state index contributed by atoms with van der Waals surface area (Å²) >= 11 is 0. The topological polar surface area (TPSA) is 54.9 Å². The Labute approximate surface area is 166 Å². The second-order valence-electron chi connectivity index (χ2n) is 5.38. The van der Waals surface area contributed by atoms with Gasteiger partial charge in [-0.3, -0.25) is 4.99 Å². The predicted molar refractivity (Wildman–Crippen MR) is 113 cm³/mol. The molecule has 0 atom stereocenters. The third kappa shape index (κ3) is 7.31. The number of nitrogens with one attached hydrogen (secondary N) is 2. The highest BCUT2D eigenvalue weighted by Gasteiger charge is 2.00. The van der Waals surface area contributed by atoms with Crippen LogP contribution in [0.25, 0.3) is 0 Å². The van der Waals surface area contributed by atoms with Crippen LogP contribution in [0.2, 0.25) is 0 Å². The molecule has 0 saturated heterocycles. The highest BCUT2D eigenvalue weighted by atomic mass is 127. The van der Waals surface area contributed by atoms with Crippen molar-refractivity contribution in [3.63, 3.8) is 0 Å². The molecule has 2 N–H and O–H groups in total. The summed E-state index contributed by atoms with van der Waals surface area (Å²) in [6.45, 7) is 2.06. The zero-order valence-corrected chi connectivity index (χ0v) is 17.2. The minimum atomic E-state index is 0. The van der Waals surface area contributed by atoms with Gasteiger partial charge in [0.1, 0.15) is 5.75 Å². The molecule has 0 saturated carbocycles. The van der Waals surface area contributed by atoms with E-state index in [-0.39, 0.29) is 24.0 Å². The van der Waals surface area contributed by atoms with E-state index in [1.165, 1.54) is 16.7 Å². The molecule has 0 amide bonds. The Bertz CT molecular complexity index is 643. The van der Waals surface area contributed by atoms with E-state index in [0.29, 0.717) is 13.2 Å². The number of rotatable bonds is 7. The average Bonchev–Trinajstić information content (AvgIpc) is 2.64. The van der Waals surface area contributed by atoms with Gasteiger partial charge in [0.25, 0.3) is 0 Å². The van der Waals surface area contributed by atoms with Crippen molar-refractivity contribution in [1.82, 2.24) is 10.6 Å². The Kier molecular flexibility index (Phi) is 9.94. The van der Waals surface area contributed by atoms with Gasteiger partial charge in [-0.05, 0) is 28.8 Å². The Hall–Kier alpha value is -1.80. The predicted octanol–water partition coefficient (Wildman–Crippen LogP) is 3.32. The SMILES string of the molecule is CN=C(NCc1ccc(COC)cc1)NCc1ccc(OC)cc1.I. The number of nitrogens with zero attached hydrogens (tertiary/aromatic N) is 1. The molecule has 25 heavy (non-hydrogen) atoms. The van der Waals surface area contributed by atoms with E-state index in [2.05, 4.69) is 39.9 Å². The van der Waals surface area contributed by atoms with Gasteiger partial charge < -0.3 is 20.1 Å². The van der Waals surface area contributed by atoms with Gasteiger partial charge in [0, 0.05) is 27.2 Å². The lowest BCUT2D eigenvalue weighted by Crippen LogP contribution is -2.36. The van der Waals surface area contributed by atoms with Gasteiger partial charge in [0.15, 0.2) is 5.96 Å². The fourth-order valence-corrected chi connectivity index (χ4v) is 2.26. The molecule has 0 aliphatic rings. The lowest BCUT2D eigenvalue weighted by atomic mass is 10.1. The van der Waals surface area contributed by atoms with Gasteiger partial charge in [0.05, 0.1) is 13.7 Å². The maximum absolute atomic E-state index is 5.16. The first-order valence-corrected chi connectivity index (χ1v) is 7.89. The minimum absolute atomic E-state index is 0. The second kappa shape index (κ2) is 11.7. The lowest BCUT2D eigenvalue weighted by molar-refractivity contribution is 0.185. The summed E-state index contributed by atoms with van der Waals surface area (Å²) in [7, 11) is 5.14. The van der Waals surface area contributed by atoms with E-state index in [1.807, 2.05) is 24.3 Å². The zero-order chi connectivity index (χ0) is 17.2. The van der Waals surface area contributed by atoms with Gasteiger partial charge in [-0.15, -0.1) is 24.0 Å². The molecular weight excluding hydrogens is 429 g/mol. The van der Waals surface area contributed by atoms with Crippen molar-refractivity contribution in [2.24, 2.45) is 4.99 Å². The van der Waals surface area contributed by atoms with Crippen LogP contribution in [0, 0.1) is 0 Å². The maximum Gasteiger partial charge on any atom is 0.191 e. The standard InChI is InChI=1S/C19H25N3O2.HI/c1-20-19(22-13-16-8-10-18(24-3)11-9-16)21-12-15-4-6-17(7-5-15)14-23-2;/h4-11H,12-14H2,1-3H3,(H2,20,21,22);1H. The number of aliphatic imine (C=N–C) groups is 1. The third-order valence-corrected chi connectivity index (χ3v) is 3.64. The summed E-state index contributed by atoms with van der Waals surface area (Å²) in [5.74, 6) is 1.63. The number of halogens is 1. The van der Waals surface area contributed by atoms with Crippen LogP contribution in [-0.2, 0) is 24.4 Å². The summed E-state index contributed by atoms with van der Waals surface area (Å²) in [6.07, 6.45) is 0. The number of hydrogen-bond acceptors (Lipinski definition) is 3. The van der Waals surface area contributed by atoms with Crippen LogP contribution < -0.4 is 15.4 Å². The first-order valence-electron chi connectivity index (χ1n) is 7.89. The lowest BCUT2D eigenvalue weighted by Gasteiger charge is -2.12. The fraction of sp³-hybridized carbons (Fsp3) is 0.316. The van der Waals surface area contributed by atoms with Crippen molar-refractivity contribution in [3.05, 3.63) is 65.2 Å². The molecule has 0 heterocycles. The molecule has 0 radical (unpaired) electrons. The first-order chi connectivity index (χ1) is 11.7. The molecular formula is C19H26IN3O2. The van der Waals surface area contributed by atoms with E-state index in [0.717, 1.165) is 18.3 Å². The molecule has 136 valence electrons. The average molecular weight is 455 g/mol. The van der Waals surface area contributed by atoms with Gasteiger partial charge in [-0.2, -0.15) is 0 Å². The van der Waals surface area contributed by atoms with Crippen LogP contribution in [0.5, 0.6) is 5.75 Å². The molecule has 0 bridgehead atoms. The summed E-state index contributed by atoms with van der Waals surface area (Å²) in [4.78, 5) is 4.25. The largest absolute Gasteiger partial charge is 0.497 e. The van der Waals surface area contributed by atoms with E-state index in [1.54, 1.807) is 21.3 Å². The molecule has 0 unspecified atom stereocenters. The van der Waals surface area contributed by atoms with Crippen molar-refractivity contribution in [2.45, 2.75) is 19.7 Å². The summed E-state index contributed by atoms with van der Waals surface area (Å²) in [5, 5.41) is 6.62. The molecule has 0 aliphatic heterocycles. The van der Waals surface area contributed by atoms with Crippen LogP contribution in [0.3, 0.4) is 0 Å². The van der Waals surface area contributed by atoms with E-state index < -0.39 is 0 Å². The Morgan fingerprint density at radius 1 is 0.840 bits per heavy atom. The number of hydrogen-bond donors (Lipinski definition) is 2. The van der Waals surface area contributed by atoms with E-state index >= 15 is 0 Å². The van der Waals surface area contributed by atoms with Gasteiger partial charge in [0.2, 0.25) is 0 Å². The van der Waals surface area contributed by atoms with Crippen molar-refractivity contribution >= 4 is 29.9 Å². The molecule has 5 nitrogen and oxygen atoms in total. The normalized spacial score (nSPS) is 10.8. The van der Waals surface area contributed by atoms with Crippen molar-refractivity contribution < 1.29 is 9.47 Å². The summed E-state index contributed by atoms with van der Waals surface area (Å²) in [5.41, 5.74) is 3.54. The van der Waals surface area contributed by atoms with Gasteiger partial charge >= 0.3 is 0 Å². The van der Waals surface area contributed by atoms with Crippen LogP contribution in [0.4, 0.5) is 0 Å². The van der Waals surface area contributed by atoms with Crippen LogP contribution in [0.1, 0.15) is 16.7 Å². The third-order valence-electron chi connectivity index (χ3n) is 3.64. The zero-order valence-electron chi connectivity index (χ0n) is 14.9. The highest BCUT2D eigenvalue weighted by molar-refractivity contribution is 14.0. The minimum Gasteiger partial charge on any atom is -0.497 e. The van der Waals surface area contributed by atoms with Gasteiger partial charge in [-0.1, -0.05) is 36.4 Å². The number of benzene rings is 2. The molecule has 0 aromatic heterocycles. The maximum atomic E-state index is 5.16. The van der Waals surface area contributed by atoms with Crippen LogP contribution >= 0.6 is 24.0 Å². The molecule has 2 aromatic rings. The van der Waals surface area contributed by atoms with E-state index in [9.17, 15) is 0 Å². The van der Waals surface area contributed by atoms with E-state index in [4.69, 9.17) is 9.47 Å². The summed E-state index contributed by atoms with van der Waals surface area (Å²) in [6, 6.07) is 16.3. The number of guanidine groups is 1. The molecule has 2 aromatic carbocycles. The second-order valence-corrected chi connectivity index (χ2v) is 5.38. The molecule has 6 heteroatoms. The molecule has 0 aliphatic carbocycles. The molecule has 0 fully saturated rings. The van der Waals surface area contributed by atoms with Crippen molar-refractivity contribution in [2.75, 3.05) is 21.3 Å². The first kappa shape index (κ1) is 21.2. The molecule has 0 spiro atoms.